The molecule has 25 heavy (non-hydrogen) atoms. The maximum Gasteiger partial charge on any atom is 0.306 e. The highest BCUT2D eigenvalue weighted by Gasteiger charge is 2.15. The summed E-state index contributed by atoms with van der Waals surface area (Å²) < 4.78 is 5.01. The van der Waals surface area contributed by atoms with Crippen LogP contribution in [0.1, 0.15) is 24.8 Å². The Balaban J connectivity index is 1.83. The van der Waals surface area contributed by atoms with E-state index in [2.05, 4.69) is 5.32 Å². The van der Waals surface area contributed by atoms with Gasteiger partial charge in [0.1, 0.15) is 0 Å². The number of anilines is 1. The quantitative estimate of drug-likeness (QED) is 0.527. The molecular formula is C18H16Cl3NO3. The van der Waals surface area contributed by atoms with Crippen molar-refractivity contribution in [3.8, 4) is 0 Å². The lowest BCUT2D eigenvalue weighted by atomic mass is 9.98. The molecule has 2 aromatic rings. The van der Waals surface area contributed by atoms with Crippen LogP contribution in [0.15, 0.2) is 42.5 Å². The molecule has 0 aliphatic carbocycles. The van der Waals surface area contributed by atoms with Gasteiger partial charge in [-0.05, 0) is 23.6 Å². The molecule has 2 rings (SSSR count). The van der Waals surface area contributed by atoms with Crippen molar-refractivity contribution in [3.05, 3.63) is 63.1 Å². The Morgan fingerprint density at radius 3 is 2.36 bits per heavy atom. The number of benzene rings is 2. The second-order valence-electron chi connectivity index (χ2n) is 5.47. The Hall–Kier alpha value is -1.75. The first-order valence-electron chi connectivity index (χ1n) is 7.51. The first kappa shape index (κ1) is 19.6. The average molecular weight is 401 g/mol. The number of esters is 1. The van der Waals surface area contributed by atoms with Gasteiger partial charge in [0.05, 0.1) is 27.2 Å². The number of rotatable bonds is 6. The molecule has 0 spiro atoms. The minimum Gasteiger partial charge on any atom is -0.456 e. The fourth-order valence-corrected chi connectivity index (χ4v) is 2.75. The number of ether oxygens (including phenoxy) is 1. The van der Waals surface area contributed by atoms with Crippen LogP contribution in [0, 0.1) is 0 Å². The van der Waals surface area contributed by atoms with Gasteiger partial charge >= 0.3 is 5.97 Å². The van der Waals surface area contributed by atoms with Crippen LogP contribution in [0.25, 0.3) is 0 Å². The maximum atomic E-state index is 11.9. The predicted molar refractivity (Wildman–Crippen MR) is 101 cm³/mol. The van der Waals surface area contributed by atoms with Crippen LogP contribution in [0.4, 0.5) is 5.69 Å². The van der Waals surface area contributed by atoms with Gasteiger partial charge < -0.3 is 10.1 Å². The molecule has 1 N–H and O–H groups in total. The van der Waals surface area contributed by atoms with Crippen molar-refractivity contribution >= 4 is 52.4 Å². The van der Waals surface area contributed by atoms with E-state index in [-0.39, 0.29) is 27.4 Å². The number of nitrogens with one attached hydrogen (secondary N) is 1. The van der Waals surface area contributed by atoms with Crippen molar-refractivity contribution in [2.45, 2.75) is 19.3 Å². The van der Waals surface area contributed by atoms with Crippen LogP contribution in [0.5, 0.6) is 0 Å². The van der Waals surface area contributed by atoms with Gasteiger partial charge in [-0.3, -0.25) is 9.59 Å². The highest BCUT2D eigenvalue weighted by atomic mass is 35.5. The molecule has 0 saturated carbocycles. The lowest BCUT2D eigenvalue weighted by Gasteiger charge is -2.12. The van der Waals surface area contributed by atoms with E-state index in [4.69, 9.17) is 39.5 Å². The Morgan fingerprint density at radius 1 is 1.04 bits per heavy atom. The van der Waals surface area contributed by atoms with Gasteiger partial charge in [-0.1, -0.05) is 72.1 Å². The van der Waals surface area contributed by atoms with Crippen molar-refractivity contribution in [2.75, 3.05) is 11.9 Å². The second kappa shape index (κ2) is 9.09. The normalized spacial score (nSPS) is 11.7. The molecule has 7 heteroatoms. The highest BCUT2D eigenvalue weighted by Crippen LogP contribution is 2.32. The maximum absolute atomic E-state index is 11.9. The minimum absolute atomic E-state index is 0.00118. The SMILES string of the molecule is C[C@H](CC(=O)OCC(=O)Nc1cc(Cl)c(Cl)cc1Cl)c1ccccc1. The average Bonchev–Trinajstić information content (AvgIpc) is 2.58. The van der Waals surface area contributed by atoms with Crippen LogP contribution in [0.3, 0.4) is 0 Å². The largest absolute Gasteiger partial charge is 0.456 e. The molecule has 0 aliphatic heterocycles. The van der Waals surface area contributed by atoms with E-state index >= 15 is 0 Å². The highest BCUT2D eigenvalue weighted by molar-refractivity contribution is 6.44. The van der Waals surface area contributed by atoms with E-state index in [0.29, 0.717) is 5.69 Å². The summed E-state index contributed by atoms with van der Waals surface area (Å²) in [6, 6.07) is 12.5. The Morgan fingerprint density at radius 2 is 1.68 bits per heavy atom. The van der Waals surface area contributed by atoms with Crippen LogP contribution >= 0.6 is 34.8 Å². The minimum atomic E-state index is -0.513. The molecule has 0 heterocycles. The molecule has 0 radical (unpaired) electrons. The van der Waals surface area contributed by atoms with Crippen molar-refractivity contribution in [1.29, 1.82) is 0 Å². The summed E-state index contributed by atoms with van der Waals surface area (Å²) in [5, 5.41) is 3.31. The number of carbonyl (C=O) groups is 2. The molecule has 132 valence electrons. The Kier molecular flexibility index (Phi) is 7.12. The third-order valence-corrected chi connectivity index (χ3v) is 4.52. The molecule has 1 atom stereocenters. The third-order valence-electron chi connectivity index (χ3n) is 3.49. The van der Waals surface area contributed by atoms with Gasteiger partial charge in [0.15, 0.2) is 6.61 Å². The van der Waals surface area contributed by atoms with Gasteiger partial charge in [0.25, 0.3) is 5.91 Å². The molecule has 1 amide bonds. The summed E-state index contributed by atoms with van der Waals surface area (Å²) in [4.78, 5) is 23.8. The van der Waals surface area contributed by atoms with Crippen LogP contribution < -0.4 is 5.32 Å². The van der Waals surface area contributed by atoms with Crippen molar-refractivity contribution in [3.63, 3.8) is 0 Å². The number of hydrogen-bond acceptors (Lipinski definition) is 3. The first-order chi connectivity index (χ1) is 11.9. The fraction of sp³-hybridized carbons (Fsp3) is 0.222. The standard InChI is InChI=1S/C18H16Cl3NO3/c1-11(12-5-3-2-4-6-12)7-18(24)25-10-17(23)22-16-9-14(20)13(19)8-15(16)21/h2-6,8-9,11H,7,10H2,1H3,(H,22,23)/t11-/m1/s1. The third kappa shape index (κ3) is 5.92. The van der Waals surface area contributed by atoms with Gasteiger partial charge in [-0.15, -0.1) is 0 Å². The molecule has 2 aromatic carbocycles. The summed E-state index contributed by atoms with van der Waals surface area (Å²) in [7, 11) is 0. The molecule has 4 nitrogen and oxygen atoms in total. The van der Waals surface area contributed by atoms with E-state index in [0.717, 1.165) is 5.56 Å². The summed E-state index contributed by atoms with van der Waals surface area (Å²) in [5.74, 6) is -0.964. The number of carbonyl (C=O) groups excluding carboxylic acids is 2. The summed E-state index contributed by atoms with van der Waals surface area (Å²) >= 11 is 17.7. The zero-order chi connectivity index (χ0) is 18.4. The topological polar surface area (TPSA) is 55.4 Å². The predicted octanol–water partition coefficient (Wildman–Crippen LogP) is 5.32. The second-order valence-corrected chi connectivity index (χ2v) is 6.69. The van der Waals surface area contributed by atoms with E-state index < -0.39 is 18.5 Å². The van der Waals surface area contributed by atoms with Crippen LogP contribution in [-0.4, -0.2) is 18.5 Å². The fourth-order valence-electron chi connectivity index (χ4n) is 2.16. The van der Waals surface area contributed by atoms with Crippen molar-refractivity contribution in [1.82, 2.24) is 0 Å². The van der Waals surface area contributed by atoms with Gasteiger partial charge in [0, 0.05) is 0 Å². The van der Waals surface area contributed by atoms with E-state index in [9.17, 15) is 9.59 Å². The molecule has 0 saturated heterocycles. The molecule has 0 unspecified atom stereocenters. The van der Waals surface area contributed by atoms with Crippen LogP contribution in [-0.2, 0) is 14.3 Å². The number of halogens is 3. The summed E-state index contributed by atoms with van der Waals surface area (Å²) in [6.45, 7) is 1.52. The zero-order valence-electron chi connectivity index (χ0n) is 13.4. The van der Waals surface area contributed by atoms with E-state index in [1.54, 1.807) is 0 Å². The van der Waals surface area contributed by atoms with E-state index in [1.165, 1.54) is 12.1 Å². The molecular weight excluding hydrogens is 385 g/mol. The number of amides is 1. The summed E-state index contributed by atoms with van der Waals surface area (Å²) in [6.07, 6.45) is 0.185. The smallest absolute Gasteiger partial charge is 0.306 e. The van der Waals surface area contributed by atoms with Gasteiger partial charge in [-0.2, -0.15) is 0 Å². The van der Waals surface area contributed by atoms with Gasteiger partial charge in [0.2, 0.25) is 0 Å². The van der Waals surface area contributed by atoms with Crippen molar-refractivity contribution in [2.24, 2.45) is 0 Å². The Bertz CT molecular complexity index is 766. The lowest BCUT2D eigenvalue weighted by molar-refractivity contribution is -0.147. The summed E-state index contributed by atoms with van der Waals surface area (Å²) in [5.41, 5.74) is 1.33. The van der Waals surface area contributed by atoms with Crippen LogP contribution in [0.2, 0.25) is 15.1 Å². The zero-order valence-corrected chi connectivity index (χ0v) is 15.7. The molecule has 0 aromatic heterocycles. The number of hydrogen-bond donors (Lipinski definition) is 1. The lowest BCUT2D eigenvalue weighted by Crippen LogP contribution is -2.21. The Labute approximate surface area is 161 Å². The molecule has 0 aliphatic rings. The van der Waals surface area contributed by atoms with Gasteiger partial charge in [-0.25, -0.2) is 0 Å². The molecule has 0 bridgehead atoms. The monoisotopic (exact) mass is 399 g/mol. The molecule has 0 fully saturated rings. The first-order valence-corrected chi connectivity index (χ1v) is 8.65. The van der Waals surface area contributed by atoms with Crippen molar-refractivity contribution < 1.29 is 14.3 Å². The van der Waals surface area contributed by atoms with E-state index in [1.807, 2.05) is 37.3 Å².